The maximum Gasteiger partial charge on any atom is 0.490 e. The minimum absolute atomic E-state index is 0.181. The lowest BCUT2D eigenvalue weighted by molar-refractivity contribution is -0.193. The van der Waals surface area contributed by atoms with E-state index in [-0.39, 0.29) is 5.54 Å². The third-order valence-corrected chi connectivity index (χ3v) is 1.01. The molecule has 6 N–H and O–H groups in total. The second kappa shape index (κ2) is 8.58. The molecule has 0 radical (unpaired) electrons. The zero-order valence-electron chi connectivity index (χ0n) is 10.3. The molecule has 122 valence electrons. The van der Waals surface area contributed by atoms with Gasteiger partial charge < -0.3 is 21.7 Å². The van der Waals surface area contributed by atoms with Gasteiger partial charge in [0.1, 0.15) is 0 Å². The minimum Gasteiger partial charge on any atom is -0.475 e. The maximum atomic E-state index is 10.6. The van der Waals surface area contributed by atoms with Gasteiger partial charge in [-0.15, -0.1) is 0 Å². The van der Waals surface area contributed by atoms with Gasteiger partial charge in [0.25, 0.3) is 0 Å². The van der Waals surface area contributed by atoms with E-state index in [9.17, 15) is 26.3 Å². The molecule has 6 nitrogen and oxygen atoms in total. The molecule has 0 saturated heterocycles. The van der Waals surface area contributed by atoms with Gasteiger partial charge in [-0.05, 0) is 13.8 Å². The number of nitrogens with two attached hydrogens (primary N) is 2. The average Bonchev–Trinajstić information content (AvgIpc) is 2.15. The molecule has 0 fully saturated rings. The molecule has 0 aromatic rings. The van der Waals surface area contributed by atoms with Crippen LogP contribution in [0.4, 0.5) is 26.3 Å². The van der Waals surface area contributed by atoms with Crippen molar-refractivity contribution in [1.29, 1.82) is 0 Å². The van der Waals surface area contributed by atoms with Crippen LogP contribution in [0, 0.1) is 0 Å². The van der Waals surface area contributed by atoms with E-state index < -0.39 is 24.3 Å². The van der Waals surface area contributed by atoms with Gasteiger partial charge in [-0.1, -0.05) is 0 Å². The molecule has 20 heavy (non-hydrogen) atoms. The Morgan fingerprint density at radius 1 is 0.900 bits per heavy atom. The van der Waals surface area contributed by atoms with Gasteiger partial charge in [0.05, 0.1) is 0 Å². The van der Waals surface area contributed by atoms with E-state index in [1.807, 2.05) is 13.8 Å². The molecule has 0 aromatic heterocycles. The average molecular weight is 316 g/mol. The number of hydrogen-bond acceptors (Lipinski definition) is 4. The Labute approximate surface area is 109 Å². The predicted molar refractivity (Wildman–Crippen MR) is 54.7 cm³/mol. The van der Waals surface area contributed by atoms with Crippen LogP contribution in [0.1, 0.15) is 13.8 Å². The highest BCUT2D eigenvalue weighted by atomic mass is 19.4. The van der Waals surface area contributed by atoms with E-state index in [4.69, 9.17) is 31.3 Å². The van der Waals surface area contributed by atoms with Crippen molar-refractivity contribution in [2.75, 3.05) is 6.54 Å². The van der Waals surface area contributed by atoms with E-state index >= 15 is 0 Å². The molecule has 0 aliphatic heterocycles. The lowest BCUT2D eigenvalue weighted by Crippen LogP contribution is -2.40. The first kappa shape index (κ1) is 23.5. The second-order valence-electron chi connectivity index (χ2n) is 3.80. The van der Waals surface area contributed by atoms with Gasteiger partial charge in [0.15, 0.2) is 0 Å². The standard InChI is InChI=1S/C4H12N2.2C2HF3O2/c1-4(2,6)3-5;2*3-2(4,5)1(6)7/h3,5-6H2,1-2H3;2*(H,6,7). The van der Waals surface area contributed by atoms with Gasteiger partial charge in [0.2, 0.25) is 0 Å². The molecule has 0 saturated carbocycles. The summed E-state index contributed by atoms with van der Waals surface area (Å²) >= 11 is 0. The summed E-state index contributed by atoms with van der Waals surface area (Å²) in [5.41, 5.74) is 10.4. The molecular weight excluding hydrogens is 302 g/mol. The highest BCUT2D eigenvalue weighted by Crippen LogP contribution is 2.13. The molecule has 0 spiro atoms. The Bertz CT molecular complexity index is 284. The van der Waals surface area contributed by atoms with E-state index in [2.05, 4.69) is 0 Å². The van der Waals surface area contributed by atoms with Crippen LogP contribution < -0.4 is 11.5 Å². The van der Waals surface area contributed by atoms with Crippen molar-refractivity contribution in [2.24, 2.45) is 11.5 Å². The fourth-order valence-electron chi connectivity index (χ4n) is 0. The number of hydrogen-bond donors (Lipinski definition) is 4. The van der Waals surface area contributed by atoms with Crippen molar-refractivity contribution in [3.05, 3.63) is 0 Å². The zero-order valence-corrected chi connectivity index (χ0v) is 10.3. The van der Waals surface area contributed by atoms with Crippen molar-refractivity contribution < 1.29 is 46.1 Å². The maximum absolute atomic E-state index is 10.6. The molecular formula is C8H14F6N2O4. The van der Waals surface area contributed by atoms with Crippen molar-refractivity contribution in [3.8, 4) is 0 Å². The first-order valence-electron chi connectivity index (χ1n) is 4.54. The van der Waals surface area contributed by atoms with Gasteiger partial charge in [-0.25, -0.2) is 9.59 Å². The lowest BCUT2D eigenvalue weighted by atomic mass is 10.1. The van der Waals surface area contributed by atoms with Crippen LogP contribution in [0.2, 0.25) is 0 Å². The van der Waals surface area contributed by atoms with Crippen LogP contribution in [0.25, 0.3) is 0 Å². The Hall–Kier alpha value is -1.56. The molecule has 0 amide bonds. The SMILES string of the molecule is CC(C)(N)CN.O=C(O)C(F)(F)F.O=C(O)C(F)(F)F. The molecule has 0 bridgehead atoms. The summed E-state index contributed by atoms with van der Waals surface area (Å²) in [6.07, 6.45) is -10.2. The van der Waals surface area contributed by atoms with Crippen LogP contribution in [0.5, 0.6) is 0 Å². The molecule has 12 heteroatoms. The normalized spacial score (nSPS) is 11.5. The fourth-order valence-corrected chi connectivity index (χ4v) is 0. The molecule has 0 unspecified atom stereocenters. The lowest BCUT2D eigenvalue weighted by Gasteiger charge is -2.13. The quantitative estimate of drug-likeness (QED) is 0.533. The summed E-state index contributed by atoms with van der Waals surface area (Å²) in [5.74, 6) is -5.51. The highest BCUT2D eigenvalue weighted by Gasteiger charge is 2.38. The van der Waals surface area contributed by atoms with Gasteiger partial charge >= 0.3 is 24.3 Å². The summed E-state index contributed by atoms with van der Waals surface area (Å²) in [6.45, 7) is 4.34. The van der Waals surface area contributed by atoms with Crippen LogP contribution >= 0.6 is 0 Å². The van der Waals surface area contributed by atoms with Gasteiger partial charge in [-0.3, -0.25) is 0 Å². The Morgan fingerprint density at radius 2 is 1.00 bits per heavy atom. The smallest absolute Gasteiger partial charge is 0.475 e. The number of carboxylic acids is 2. The largest absolute Gasteiger partial charge is 0.490 e. The first-order valence-corrected chi connectivity index (χ1v) is 4.54. The van der Waals surface area contributed by atoms with Crippen molar-refractivity contribution in [2.45, 2.75) is 31.7 Å². The van der Waals surface area contributed by atoms with Crippen LogP contribution in [-0.4, -0.2) is 46.6 Å². The van der Waals surface area contributed by atoms with Crippen molar-refractivity contribution in [3.63, 3.8) is 0 Å². The minimum atomic E-state index is -5.08. The van der Waals surface area contributed by atoms with Crippen LogP contribution in [0.3, 0.4) is 0 Å². The molecule has 0 heterocycles. The predicted octanol–water partition coefficient (Wildman–Crippen LogP) is 0.949. The number of rotatable bonds is 1. The Kier molecular flexibility index (Phi) is 10.1. The Morgan fingerprint density at radius 3 is 1.00 bits per heavy atom. The van der Waals surface area contributed by atoms with E-state index in [0.29, 0.717) is 6.54 Å². The number of aliphatic carboxylic acids is 2. The van der Waals surface area contributed by atoms with Gasteiger partial charge in [0, 0.05) is 12.1 Å². The number of halogens is 6. The summed E-state index contributed by atoms with van der Waals surface area (Å²) in [4.78, 5) is 17.8. The summed E-state index contributed by atoms with van der Waals surface area (Å²) in [6, 6.07) is 0. The first-order chi connectivity index (χ1) is 8.45. The molecule has 0 rings (SSSR count). The van der Waals surface area contributed by atoms with E-state index in [1.54, 1.807) is 0 Å². The van der Waals surface area contributed by atoms with Crippen molar-refractivity contribution >= 4 is 11.9 Å². The summed E-state index contributed by atoms with van der Waals surface area (Å²) in [7, 11) is 0. The van der Waals surface area contributed by atoms with Crippen LogP contribution in [0.15, 0.2) is 0 Å². The highest BCUT2D eigenvalue weighted by molar-refractivity contribution is 5.73. The summed E-state index contributed by atoms with van der Waals surface area (Å²) in [5, 5.41) is 14.2. The topological polar surface area (TPSA) is 127 Å². The third-order valence-electron chi connectivity index (χ3n) is 1.01. The Balaban J connectivity index is -0.000000218. The number of carboxylic acid groups (broad SMARTS) is 2. The molecule has 0 aliphatic carbocycles. The molecule has 0 aromatic carbocycles. The second-order valence-corrected chi connectivity index (χ2v) is 3.80. The summed E-state index contributed by atoms with van der Waals surface area (Å²) < 4.78 is 63.5. The third kappa shape index (κ3) is 21.7. The molecule has 0 aliphatic rings. The van der Waals surface area contributed by atoms with Crippen molar-refractivity contribution in [1.82, 2.24) is 0 Å². The molecule has 0 atom stereocenters. The number of carbonyl (C=O) groups is 2. The van der Waals surface area contributed by atoms with Gasteiger partial charge in [-0.2, -0.15) is 26.3 Å². The fraction of sp³-hybridized carbons (Fsp3) is 0.750. The van der Waals surface area contributed by atoms with E-state index in [0.717, 1.165) is 0 Å². The number of alkyl halides is 6. The van der Waals surface area contributed by atoms with E-state index in [1.165, 1.54) is 0 Å². The zero-order chi connectivity index (χ0) is 17.4. The van der Waals surface area contributed by atoms with Crippen LogP contribution in [-0.2, 0) is 9.59 Å². The monoisotopic (exact) mass is 316 g/mol.